The van der Waals surface area contributed by atoms with Crippen LogP contribution in [0.3, 0.4) is 0 Å². The van der Waals surface area contributed by atoms with Crippen LogP contribution in [0, 0.1) is 29.6 Å². The van der Waals surface area contributed by atoms with E-state index in [9.17, 15) is 35.9 Å². The van der Waals surface area contributed by atoms with E-state index in [-0.39, 0.29) is 124 Å². The number of alkyl halides is 7. The molecule has 0 aliphatic rings. The average Bonchev–Trinajstić information content (AvgIpc) is 1.64. The molecule has 141 heavy (non-hydrogen) atoms. The number of nitrogens with one attached hydrogen (secondary N) is 3. The number of nitrogens with zero attached hydrogens (tertiary/aromatic N) is 9. The van der Waals surface area contributed by atoms with Gasteiger partial charge in [-0.25, -0.2) is 29.7 Å². The van der Waals surface area contributed by atoms with Crippen molar-refractivity contribution in [3.05, 3.63) is 262 Å². The van der Waals surface area contributed by atoms with Gasteiger partial charge in [-0.3, -0.25) is 14.4 Å². The van der Waals surface area contributed by atoms with Crippen LogP contribution in [-0.2, 0) is 52.0 Å². The van der Waals surface area contributed by atoms with E-state index >= 15 is 0 Å². The summed E-state index contributed by atoms with van der Waals surface area (Å²) >= 11 is 23.1. The summed E-state index contributed by atoms with van der Waals surface area (Å²) in [4.78, 5) is 74.3. The smallest absolute Gasteiger partial charge is 1.00 e. The molecule has 7 aromatic carbocycles. The zero-order valence-electron chi connectivity index (χ0n) is 79.7. The van der Waals surface area contributed by atoms with Gasteiger partial charge in [-0.05, 0) is 237 Å². The van der Waals surface area contributed by atoms with E-state index in [1.807, 2.05) is 129 Å². The predicted octanol–water partition coefficient (Wildman–Crippen LogP) is 23.2. The van der Waals surface area contributed by atoms with Crippen LogP contribution >= 0.6 is 132 Å². The molecular weight excluding hydrogens is 2240 g/mol. The topological polar surface area (TPSA) is 332 Å². The van der Waals surface area contributed by atoms with Crippen LogP contribution in [0.5, 0.6) is 5.75 Å². The van der Waals surface area contributed by atoms with Crippen LogP contribution in [0.15, 0.2) is 252 Å². The fourth-order valence-corrected chi connectivity index (χ4v) is 19.8. The van der Waals surface area contributed by atoms with Gasteiger partial charge in [-0.1, -0.05) is 178 Å². The first-order chi connectivity index (χ1) is 65.9. The summed E-state index contributed by atoms with van der Waals surface area (Å²) in [5, 5.41) is 34.0. The molecule has 0 fully saturated rings. The van der Waals surface area contributed by atoms with Crippen molar-refractivity contribution in [2.75, 3.05) is 40.3 Å². The molecule has 0 radical (unpaired) electrons. The van der Waals surface area contributed by atoms with Gasteiger partial charge in [0.05, 0.1) is 120 Å². The second kappa shape index (κ2) is 60.1. The first-order valence-electron chi connectivity index (χ1n) is 42.7. The molecule has 10 N–H and O–H groups in total. The van der Waals surface area contributed by atoms with Gasteiger partial charge >= 0.3 is 127 Å². The molecule has 1 amide bonds. The number of aromatic amines is 1. The number of H-pyrrole nitrogens is 1. The molecule has 0 bridgehead atoms. The number of nitrogen functional groups attached to an aromatic ring is 3. The number of rotatable bonds is 21. The Labute approximate surface area is 958 Å². The van der Waals surface area contributed by atoms with Gasteiger partial charge in [0, 0.05) is 51.5 Å². The number of imidazole rings is 5. The number of benzene rings is 7. The number of methoxy groups -OCH3 is 1. The first-order valence-corrected chi connectivity index (χ1v) is 51.5. The van der Waals surface area contributed by atoms with Crippen LogP contribution in [0.25, 0.3) is 109 Å². The summed E-state index contributed by atoms with van der Waals surface area (Å²) in [6.07, 6.45) is -9.17. The first kappa shape index (κ1) is 122. The van der Waals surface area contributed by atoms with Crippen LogP contribution in [-0.4, -0.2) is 103 Å². The quantitative estimate of drug-likeness (QED) is 0.00668. The Morgan fingerprint density at radius 2 is 0.801 bits per heavy atom. The summed E-state index contributed by atoms with van der Waals surface area (Å²) < 4.78 is 86.7. The second-order valence-electron chi connectivity index (χ2n) is 32.1. The zero-order chi connectivity index (χ0) is 101. The number of carbonyl (C=O) groups excluding carboxylic acids is 3. The van der Waals surface area contributed by atoms with Crippen molar-refractivity contribution in [1.29, 1.82) is 0 Å². The van der Waals surface area contributed by atoms with Crippen LogP contribution < -0.4 is 141 Å². The number of aldehydes is 1. The number of aliphatic carboxylic acids is 1. The van der Waals surface area contributed by atoms with Gasteiger partial charge in [-0.15, -0.1) is 68.0 Å². The Hall–Kier alpha value is -8.10. The summed E-state index contributed by atoms with van der Waals surface area (Å²) in [5.41, 5.74) is 31.9. The number of hydrogen-bond acceptors (Lipinski definition) is 22. The maximum atomic E-state index is 12.6. The number of ether oxygens (including phenoxy) is 1. The standard InChI is InChI=1S/C23H25N3OS.C17H16F3N3OS.C15H15BrN2S.C15H17N3S.C11H7BrN2S.C6H8N2.C5H3BrOS.C4H9Br.C2HF3O2.CH2O3.CH4.2K.H/c1-16(2)15-26-21-7-5-4-6-19(21)25-23(26)22-20(12-13-28-22)24-14-17-8-10-18(27-3)11-9-17;1-10(2)9-23-13-6-4-3-5-11(13)21-15(23)14-12(7-8-25-14)22-16(24)17(18,19)20;2*1-10(2)9-18-13-6-4-3-5-12(13)17-15(18)14-11(16)7-8-19-14;12-7-5-6-15-10(7)11-13-8-3-1-2-4-9(8)14-11;7-5-3-1-2-4-6(5)8;6-4-1-2-8-5(4)3-7;1-4(2)3-5;3-2(4,5)1(6)7;2-1-4-3;;;;/h4-13,16,24H,14-15H2,1-3H3;3-8,10H,9H2,1-2H3,(H,22,24);3-8,10H,9H2,1-2H3;3-8,10H,9,16H2,1-2H3;1-6H,(H,13,14);1-4H,7-8H2;1-3H;4H,3H2,1-2H3;(H,6,7);1,3H;1H4;;;/q;;;;;;;;;;;2*+1;-1/p-1. The van der Waals surface area contributed by atoms with Gasteiger partial charge in [0.15, 0.2) is 29.6 Å². The largest absolute Gasteiger partial charge is 1.00 e. The van der Waals surface area contributed by atoms with Crippen molar-refractivity contribution in [2.24, 2.45) is 29.6 Å². The predicted molar refractivity (Wildman–Crippen MR) is 576 cm³/mol. The van der Waals surface area contributed by atoms with E-state index in [0.29, 0.717) is 52.3 Å². The fourth-order valence-electron chi connectivity index (χ4n) is 12.9. The normalized spacial score (nSPS) is 10.7. The van der Waals surface area contributed by atoms with Crippen LogP contribution in [0.4, 0.5) is 54.8 Å². The van der Waals surface area contributed by atoms with Crippen LogP contribution in [0.1, 0.15) is 93.3 Å². The van der Waals surface area contributed by atoms with Crippen molar-refractivity contribution in [3.63, 3.8) is 0 Å². The summed E-state index contributed by atoms with van der Waals surface area (Å²) in [5.74, 6) is 3.55. The number of carbonyl (C=O) groups is 4. The van der Waals surface area contributed by atoms with Crippen LogP contribution in [0.2, 0.25) is 0 Å². The van der Waals surface area contributed by atoms with Gasteiger partial charge in [0.25, 0.3) is 6.47 Å². The van der Waals surface area contributed by atoms with Crippen molar-refractivity contribution in [3.8, 4) is 59.3 Å². The van der Waals surface area contributed by atoms with Gasteiger partial charge in [0.1, 0.15) is 11.6 Å². The van der Waals surface area contributed by atoms with Gasteiger partial charge < -0.3 is 72.5 Å². The van der Waals surface area contributed by atoms with E-state index in [4.69, 9.17) is 56.8 Å². The molecule has 0 atom stereocenters. The van der Waals surface area contributed by atoms with Gasteiger partial charge in [0.2, 0.25) is 0 Å². The molecule has 18 rings (SSSR count). The maximum Gasteiger partial charge on any atom is 1.00 e. The Bertz CT molecular complexity index is 6740. The van der Waals surface area contributed by atoms with E-state index in [0.717, 1.165) is 151 Å². The summed E-state index contributed by atoms with van der Waals surface area (Å²) in [6, 6.07) is 67.5. The Balaban J connectivity index is 0.000000290. The number of halogens is 10. The molecule has 0 saturated carbocycles. The summed E-state index contributed by atoms with van der Waals surface area (Å²) in [7, 11) is 1.69. The van der Waals surface area contributed by atoms with E-state index in [1.54, 1.807) is 70.0 Å². The molecule has 0 saturated heterocycles. The van der Waals surface area contributed by atoms with E-state index < -0.39 is 24.2 Å². The van der Waals surface area contributed by atoms with E-state index in [1.165, 1.54) is 60.6 Å². The third kappa shape index (κ3) is 36.2. The minimum Gasteiger partial charge on any atom is -1.00 e. The third-order valence-corrected chi connectivity index (χ3v) is 28.5. The molecule has 11 aromatic heterocycles. The number of fused-ring (bicyclic) bond motifs is 5. The molecule has 738 valence electrons. The van der Waals surface area contributed by atoms with E-state index in [2.05, 4.69) is 268 Å². The number of hydrogen-bond donors (Lipinski definition) is 7. The maximum absolute atomic E-state index is 12.6. The monoisotopic (exact) mass is 2350 g/mol. The molecule has 23 nitrogen and oxygen atoms in total. The second-order valence-corrected chi connectivity index (χ2v) is 40.9. The Morgan fingerprint density at radius 3 is 1.13 bits per heavy atom. The third-order valence-electron chi connectivity index (χ3n) is 19.0. The Kier molecular flexibility index (Phi) is 51.8. The number of carboxylic acids is 1. The molecular formula is C100H107Br4F6K2N15O8S6. The Morgan fingerprint density at radius 1 is 0.461 bits per heavy atom. The van der Waals surface area contributed by atoms with Crippen molar-refractivity contribution in [1.82, 2.24) is 48.2 Å². The SMILES string of the molecule is Brc1ccsc1-c1nc2ccccc2[nH]1.C.CC(C)CBr.CC(C)Cn1c(-c2sccc2Br)nc2ccccc21.CC(C)Cn1c(-c2sccc2N)nc2ccccc21.CC(C)Cn1c(-c2sccc2NC(=O)C(F)(F)F)nc2ccccc21.COc1ccc(CNc2ccsc2-c2nc3ccccc3n2CC(C)C)cc1.Nc1ccccc1N.O=C(O)C(F)(F)F.O=CO[O-].O=Cc1sccc1Br.[H-].[K+].[K+]. The number of amides is 1. The molecule has 18 aromatic rings. The van der Waals surface area contributed by atoms with Crippen molar-refractivity contribution in [2.45, 2.75) is 122 Å². The summed E-state index contributed by atoms with van der Waals surface area (Å²) in [6.45, 7) is 26.0. The number of nitrogens with two attached hydrogens (primary N) is 3. The molecule has 0 unspecified atom stereocenters. The minimum absolute atomic E-state index is 0. The molecule has 11 heterocycles. The number of thiophene rings is 6. The number of carboxylic acid groups (broad SMARTS) is 1. The molecule has 41 heteroatoms. The molecule has 0 aliphatic carbocycles. The molecule has 0 aliphatic heterocycles. The fraction of sp³-hybridized carbons (Fsp3) is 0.250. The minimum atomic E-state index is -5.08. The number of anilines is 5. The van der Waals surface area contributed by atoms with Gasteiger partial charge in [-0.2, -0.15) is 26.3 Å². The zero-order valence-corrected chi connectivity index (χ0v) is 96.2. The van der Waals surface area contributed by atoms with Crippen molar-refractivity contribution >= 4 is 240 Å². The number of para-hydroxylation sites is 12. The number of aromatic nitrogens is 10. The average molecular weight is 2350 g/mol. The molecule has 0 spiro atoms. The van der Waals surface area contributed by atoms with Crippen molar-refractivity contribution < 1.29 is 170 Å².